The van der Waals surface area contributed by atoms with E-state index >= 15 is 0 Å². The zero-order chi connectivity index (χ0) is 36.1. The van der Waals surface area contributed by atoms with Gasteiger partial charge in [0.2, 0.25) is 0 Å². The third-order valence-electron chi connectivity index (χ3n) is 8.70. The molecule has 0 amide bonds. The van der Waals surface area contributed by atoms with Gasteiger partial charge in [-0.25, -0.2) is 26.8 Å². The van der Waals surface area contributed by atoms with Crippen molar-refractivity contribution < 1.29 is 16.8 Å². The fourth-order valence-corrected chi connectivity index (χ4v) is 10.1. The number of hydrogen-bond acceptors (Lipinski definition) is 12. The van der Waals surface area contributed by atoms with E-state index in [-0.39, 0.29) is 9.79 Å². The molecule has 270 valence electrons. The molecule has 0 fully saturated rings. The SMILES string of the molecule is O=S(=O)(Nc1nccs1)c1ccc2c(c1)CCN2CCCl.O=S(=O)(Nc1nccs1)c1ccc2c(c1)CCN2CCNc1cccc2cccnc12. The Morgan fingerprint density at radius 1 is 0.692 bits per heavy atom. The van der Waals surface area contributed by atoms with Crippen LogP contribution in [0.5, 0.6) is 0 Å². The first-order chi connectivity index (χ1) is 25.2. The summed E-state index contributed by atoms with van der Waals surface area (Å²) in [5, 5.41) is 8.81. The Morgan fingerprint density at radius 2 is 1.27 bits per heavy atom. The topological polar surface area (TPSA) is 150 Å². The van der Waals surface area contributed by atoms with Crippen molar-refractivity contribution in [3.05, 3.63) is 107 Å². The first kappa shape index (κ1) is 35.9. The highest BCUT2D eigenvalue weighted by Crippen LogP contribution is 2.32. The largest absolute Gasteiger partial charge is 0.382 e. The lowest BCUT2D eigenvalue weighted by Gasteiger charge is -2.20. The summed E-state index contributed by atoms with van der Waals surface area (Å²) in [5.74, 6) is 0.561. The first-order valence-corrected chi connectivity index (χ1v) is 21.7. The van der Waals surface area contributed by atoms with Crippen LogP contribution >= 0.6 is 34.3 Å². The van der Waals surface area contributed by atoms with Gasteiger partial charge in [0.05, 0.1) is 21.0 Å². The Hall–Kier alpha value is -4.48. The van der Waals surface area contributed by atoms with Gasteiger partial charge in [-0.15, -0.1) is 34.3 Å². The van der Waals surface area contributed by atoms with E-state index in [9.17, 15) is 16.8 Å². The Kier molecular flexibility index (Phi) is 10.8. The summed E-state index contributed by atoms with van der Waals surface area (Å²) in [5.41, 5.74) is 6.24. The number of anilines is 5. The van der Waals surface area contributed by atoms with Crippen LogP contribution in [0.4, 0.5) is 27.3 Å². The number of sulfonamides is 2. The van der Waals surface area contributed by atoms with Crippen molar-refractivity contribution in [3.63, 3.8) is 0 Å². The summed E-state index contributed by atoms with van der Waals surface area (Å²) in [4.78, 5) is 17.4. The van der Waals surface area contributed by atoms with E-state index in [0.717, 1.165) is 84.7 Å². The van der Waals surface area contributed by atoms with Crippen LogP contribution in [-0.2, 0) is 32.9 Å². The van der Waals surface area contributed by atoms with Crippen molar-refractivity contribution in [2.75, 3.05) is 63.2 Å². The number of halogens is 1. The zero-order valence-electron chi connectivity index (χ0n) is 27.8. The Balaban J connectivity index is 0.000000175. The van der Waals surface area contributed by atoms with Crippen LogP contribution < -0.4 is 24.6 Å². The summed E-state index contributed by atoms with van der Waals surface area (Å²) in [6.07, 6.45) is 6.61. The minimum absolute atomic E-state index is 0.267. The molecule has 3 aromatic carbocycles. The number of nitrogens with zero attached hydrogens (tertiary/aromatic N) is 5. The monoisotopic (exact) mass is 794 g/mol. The summed E-state index contributed by atoms with van der Waals surface area (Å²) in [6.45, 7) is 4.11. The second-order valence-electron chi connectivity index (χ2n) is 11.9. The molecule has 0 bridgehead atoms. The molecule has 5 heterocycles. The third-order valence-corrected chi connectivity index (χ3v) is 13.2. The van der Waals surface area contributed by atoms with Crippen LogP contribution in [-0.4, -0.2) is 70.4 Å². The minimum atomic E-state index is -3.64. The molecule has 8 rings (SSSR count). The molecule has 0 atom stereocenters. The predicted molar refractivity (Wildman–Crippen MR) is 212 cm³/mol. The molecule has 3 N–H and O–H groups in total. The van der Waals surface area contributed by atoms with Crippen LogP contribution in [0.15, 0.2) is 106 Å². The van der Waals surface area contributed by atoms with E-state index in [0.29, 0.717) is 16.1 Å². The predicted octanol–water partition coefficient (Wildman–Crippen LogP) is 6.51. The minimum Gasteiger partial charge on any atom is -0.382 e. The van der Waals surface area contributed by atoms with Crippen LogP contribution in [0.2, 0.25) is 0 Å². The maximum absolute atomic E-state index is 12.6. The summed E-state index contributed by atoms with van der Waals surface area (Å²) in [6, 6.07) is 20.7. The molecule has 2 aliphatic rings. The van der Waals surface area contributed by atoms with Gasteiger partial charge in [-0.1, -0.05) is 18.2 Å². The molecular weight excluding hydrogens is 760 g/mol. The number of para-hydroxylation sites is 1. The Labute approximate surface area is 315 Å². The van der Waals surface area contributed by atoms with Crippen molar-refractivity contribution in [1.82, 2.24) is 15.0 Å². The van der Waals surface area contributed by atoms with Crippen LogP contribution in [0.25, 0.3) is 10.9 Å². The lowest BCUT2D eigenvalue weighted by molar-refractivity contribution is 0.599. The van der Waals surface area contributed by atoms with Gasteiger partial charge in [-0.05, 0) is 72.5 Å². The van der Waals surface area contributed by atoms with E-state index in [2.05, 4.69) is 51.6 Å². The van der Waals surface area contributed by atoms with Gasteiger partial charge in [0.15, 0.2) is 10.3 Å². The van der Waals surface area contributed by atoms with Gasteiger partial charge >= 0.3 is 0 Å². The molecule has 0 saturated carbocycles. The summed E-state index contributed by atoms with van der Waals surface area (Å²) < 4.78 is 55.0. The van der Waals surface area contributed by atoms with Crippen molar-refractivity contribution in [1.29, 1.82) is 0 Å². The van der Waals surface area contributed by atoms with Crippen LogP contribution in [0.1, 0.15) is 11.1 Å². The van der Waals surface area contributed by atoms with Gasteiger partial charge in [0, 0.05) is 84.7 Å². The highest BCUT2D eigenvalue weighted by atomic mass is 35.5. The smallest absolute Gasteiger partial charge is 0.263 e. The molecule has 3 aromatic heterocycles. The third kappa shape index (κ3) is 8.10. The fraction of sp³-hybridized carbons (Fsp3) is 0.229. The molecule has 0 radical (unpaired) electrons. The molecule has 0 spiro atoms. The molecule has 2 aliphatic heterocycles. The molecule has 52 heavy (non-hydrogen) atoms. The molecule has 0 aliphatic carbocycles. The quantitative estimate of drug-likeness (QED) is 0.117. The highest BCUT2D eigenvalue weighted by Gasteiger charge is 2.24. The highest BCUT2D eigenvalue weighted by molar-refractivity contribution is 7.93. The van der Waals surface area contributed by atoms with E-state index in [1.54, 1.807) is 53.6 Å². The number of pyridine rings is 1. The standard InChI is InChI=1S/C22H21N5O2S2.C13H14ClN3O2S2/c28-31(29,26-22-25-11-14-30-22)18-6-7-20-17(15-18)8-12-27(20)13-10-23-19-5-1-3-16-4-2-9-24-21(16)19;14-4-7-17-6-3-10-9-11(1-2-12(10)17)21(18,19)16-13-15-5-8-20-13/h1-7,9,11,14-15,23H,8,10,12-13H2,(H,25,26);1-2,5,8-9H,3-4,6-7H2,(H,15,16). The summed E-state index contributed by atoms with van der Waals surface area (Å²) in [7, 11) is -7.22. The molecule has 6 aromatic rings. The molecular formula is C35H35ClN8O4S4. The van der Waals surface area contributed by atoms with E-state index < -0.39 is 20.0 Å². The number of nitrogens with one attached hydrogen (secondary N) is 3. The average Bonchev–Trinajstić information content (AvgIpc) is 3.98. The second-order valence-corrected chi connectivity index (χ2v) is 17.5. The lowest BCUT2D eigenvalue weighted by atomic mass is 10.2. The van der Waals surface area contributed by atoms with E-state index in [4.69, 9.17) is 11.6 Å². The van der Waals surface area contributed by atoms with Gasteiger partial charge in [-0.2, -0.15) is 0 Å². The maximum atomic E-state index is 12.6. The number of alkyl halides is 1. The number of benzene rings is 3. The Morgan fingerprint density at radius 3 is 1.83 bits per heavy atom. The van der Waals surface area contributed by atoms with Crippen molar-refractivity contribution in [2.24, 2.45) is 0 Å². The van der Waals surface area contributed by atoms with E-state index in [1.165, 1.54) is 22.7 Å². The van der Waals surface area contributed by atoms with Crippen molar-refractivity contribution in [3.8, 4) is 0 Å². The first-order valence-electron chi connectivity index (χ1n) is 16.4. The fourth-order valence-electron chi connectivity index (χ4n) is 6.26. The lowest BCUT2D eigenvalue weighted by Crippen LogP contribution is -2.27. The molecule has 0 saturated heterocycles. The number of rotatable bonds is 12. The molecule has 12 nitrogen and oxygen atoms in total. The zero-order valence-corrected chi connectivity index (χ0v) is 31.8. The number of thiazole rings is 2. The number of fused-ring (bicyclic) bond motifs is 3. The Bertz CT molecular complexity index is 2370. The molecule has 17 heteroatoms. The van der Waals surface area contributed by atoms with Gasteiger partial charge in [-0.3, -0.25) is 14.4 Å². The van der Waals surface area contributed by atoms with E-state index in [1.807, 2.05) is 30.3 Å². The van der Waals surface area contributed by atoms with Gasteiger partial charge in [0.25, 0.3) is 20.0 Å². The molecule has 0 unspecified atom stereocenters. The van der Waals surface area contributed by atoms with Crippen molar-refractivity contribution in [2.45, 2.75) is 22.6 Å². The summed E-state index contributed by atoms with van der Waals surface area (Å²) >= 11 is 8.29. The number of hydrogen-bond donors (Lipinski definition) is 3. The number of aromatic nitrogens is 3. The van der Waals surface area contributed by atoms with Crippen molar-refractivity contribution >= 4 is 92.5 Å². The average molecular weight is 795 g/mol. The van der Waals surface area contributed by atoms with Gasteiger partial charge in [0.1, 0.15) is 0 Å². The van der Waals surface area contributed by atoms with Crippen LogP contribution in [0, 0.1) is 0 Å². The normalized spacial score (nSPS) is 13.7. The maximum Gasteiger partial charge on any atom is 0.263 e. The van der Waals surface area contributed by atoms with Gasteiger partial charge < -0.3 is 15.1 Å². The van der Waals surface area contributed by atoms with Crippen LogP contribution in [0.3, 0.4) is 0 Å². The second kappa shape index (κ2) is 15.6.